The lowest BCUT2D eigenvalue weighted by Gasteiger charge is -2.24. The van der Waals surface area contributed by atoms with Gasteiger partial charge in [0.25, 0.3) is 0 Å². The highest BCUT2D eigenvalue weighted by molar-refractivity contribution is 4.62. The Labute approximate surface area is 101 Å². The van der Waals surface area contributed by atoms with Crippen molar-refractivity contribution in [1.82, 2.24) is 0 Å². The van der Waals surface area contributed by atoms with Crippen LogP contribution in [0.3, 0.4) is 0 Å². The Balaban J connectivity index is 2.22. The molecule has 0 aromatic rings. The first-order chi connectivity index (χ1) is 8.21. The topological polar surface area (TPSA) is 98.2 Å². The lowest BCUT2D eigenvalue weighted by atomic mass is 10.5. The van der Waals surface area contributed by atoms with E-state index < -0.39 is 5.85 Å². The van der Waals surface area contributed by atoms with Crippen LogP contribution < -0.4 is 11.5 Å². The molecule has 0 saturated carbocycles. The highest BCUT2D eigenvalue weighted by Crippen LogP contribution is 1.96. The van der Waals surface area contributed by atoms with Crippen LogP contribution in [0.1, 0.15) is 0 Å². The summed E-state index contributed by atoms with van der Waals surface area (Å²) in [6.45, 7) is 3.92. The number of hydrogen-bond acceptors (Lipinski definition) is 7. The predicted octanol–water partition coefficient (Wildman–Crippen LogP) is -1.35. The van der Waals surface area contributed by atoms with Crippen LogP contribution in [0.25, 0.3) is 0 Å². The van der Waals surface area contributed by atoms with E-state index in [0.29, 0.717) is 52.9 Å². The second kappa shape index (κ2) is 8.76. The molecule has 102 valence electrons. The minimum Gasteiger partial charge on any atom is -0.377 e. The molecule has 4 N–H and O–H groups in total. The van der Waals surface area contributed by atoms with Crippen LogP contribution in [-0.2, 0) is 23.7 Å². The summed E-state index contributed by atoms with van der Waals surface area (Å²) in [5.74, 6) is -1.28. The number of nitrogens with two attached hydrogens (primary N) is 2. The first kappa shape index (κ1) is 14.8. The van der Waals surface area contributed by atoms with E-state index in [-0.39, 0.29) is 6.61 Å². The molecule has 0 bridgehead atoms. The lowest BCUT2D eigenvalue weighted by molar-refractivity contribution is -0.108. The standard InChI is InChI=1S/C10H22N2O5/c11-10(12)9-16-6-5-14-2-1-13-3-4-15-7-8-17-10/h1-9,11-12H2. The van der Waals surface area contributed by atoms with E-state index in [2.05, 4.69) is 0 Å². The molecular weight excluding hydrogens is 228 g/mol. The molecule has 1 aliphatic rings. The van der Waals surface area contributed by atoms with E-state index in [1.165, 1.54) is 0 Å². The van der Waals surface area contributed by atoms with Crippen LogP contribution >= 0.6 is 0 Å². The van der Waals surface area contributed by atoms with Gasteiger partial charge in [-0.1, -0.05) is 0 Å². The van der Waals surface area contributed by atoms with Crippen LogP contribution in [0, 0.1) is 0 Å². The van der Waals surface area contributed by atoms with Gasteiger partial charge in [0.1, 0.15) is 6.61 Å². The Bertz CT molecular complexity index is 174. The Morgan fingerprint density at radius 3 is 1.53 bits per heavy atom. The first-order valence-corrected chi connectivity index (χ1v) is 5.73. The number of hydrogen-bond donors (Lipinski definition) is 2. The van der Waals surface area contributed by atoms with Gasteiger partial charge in [-0.15, -0.1) is 0 Å². The third-order valence-electron chi connectivity index (χ3n) is 2.04. The summed E-state index contributed by atoms with van der Waals surface area (Å²) in [6, 6.07) is 0. The van der Waals surface area contributed by atoms with Gasteiger partial charge in [0, 0.05) is 0 Å². The summed E-state index contributed by atoms with van der Waals surface area (Å²) in [5, 5.41) is 0. The van der Waals surface area contributed by atoms with E-state index in [9.17, 15) is 0 Å². The third-order valence-corrected chi connectivity index (χ3v) is 2.04. The molecule has 0 aromatic heterocycles. The average Bonchev–Trinajstić information content (AvgIpc) is 2.29. The fourth-order valence-electron chi connectivity index (χ4n) is 1.22. The summed E-state index contributed by atoms with van der Waals surface area (Å²) in [5.41, 5.74) is 11.3. The molecule has 0 radical (unpaired) electrons. The van der Waals surface area contributed by atoms with Crippen molar-refractivity contribution in [1.29, 1.82) is 0 Å². The van der Waals surface area contributed by atoms with Gasteiger partial charge in [-0.25, -0.2) is 0 Å². The zero-order valence-corrected chi connectivity index (χ0v) is 10.1. The molecule has 1 rings (SSSR count). The zero-order chi connectivity index (χ0) is 12.4. The molecule has 0 spiro atoms. The van der Waals surface area contributed by atoms with Gasteiger partial charge in [-0.3, -0.25) is 11.5 Å². The van der Waals surface area contributed by atoms with Gasteiger partial charge < -0.3 is 23.7 Å². The van der Waals surface area contributed by atoms with Gasteiger partial charge in [0.2, 0.25) is 0 Å². The Kier molecular flexibility index (Phi) is 7.62. The summed E-state index contributed by atoms with van der Waals surface area (Å²) >= 11 is 0. The minimum absolute atomic E-state index is 0.118. The van der Waals surface area contributed by atoms with E-state index in [0.717, 1.165) is 0 Å². The predicted molar refractivity (Wildman–Crippen MR) is 60.3 cm³/mol. The molecule has 0 unspecified atom stereocenters. The van der Waals surface area contributed by atoms with E-state index in [4.69, 9.17) is 35.2 Å². The molecule has 1 heterocycles. The molecule has 1 fully saturated rings. The number of rotatable bonds is 0. The van der Waals surface area contributed by atoms with Crippen LogP contribution in [-0.4, -0.2) is 65.3 Å². The van der Waals surface area contributed by atoms with Crippen molar-refractivity contribution in [3.05, 3.63) is 0 Å². The van der Waals surface area contributed by atoms with Crippen LogP contribution in [0.2, 0.25) is 0 Å². The van der Waals surface area contributed by atoms with E-state index in [1.807, 2.05) is 0 Å². The fraction of sp³-hybridized carbons (Fsp3) is 1.00. The fourth-order valence-corrected chi connectivity index (χ4v) is 1.22. The SMILES string of the molecule is NC1(N)COCCOCCOCCOCCO1. The zero-order valence-electron chi connectivity index (χ0n) is 10.1. The van der Waals surface area contributed by atoms with Crippen molar-refractivity contribution in [2.75, 3.05) is 59.5 Å². The van der Waals surface area contributed by atoms with Gasteiger partial charge in [0.15, 0.2) is 5.85 Å². The van der Waals surface area contributed by atoms with Crippen molar-refractivity contribution < 1.29 is 23.7 Å². The van der Waals surface area contributed by atoms with Gasteiger partial charge in [0.05, 0.1) is 52.9 Å². The monoisotopic (exact) mass is 250 g/mol. The molecule has 0 aliphatic carbocycles. The molecular formula is C10H22N2O5. The molecule has 1 aliphatic heterocycles. The van der Waals surface area contributed by atoms with E-state index >= 15 is 0 Å². The van der Waals surface area contributed by atoms with Gasteiger partial charge >= 0.3 is 0 Å². The minimum atomic E-state index is -1.28. The molecule has 0 atom stereocenters. The second-order valence-corrected chi connectivity index (χ2v) is 3.69. The maximum Gasteiger partial charge on any atom is 0.193 e. The van der Waals surface area contributed by atoms with Crippen molar-refractivity contribution in [3.63, 3.8) is 0 Å². The van der Waals surface area contributed by atoms with Crippen LogP contribution in [0.4, 0.5) is 0 Å². The lowest BCUT2D eigenvalue weighted by Crippen LogP contribution is -2.56. The third kappa shape index (κ3) is 8.44. The molecule has 1 saturated heterocycles. The second-order valence-electron chi connectivity index (χ2n) is 3.69. The van der Waals surface area contributed by atoms with E-state index in [1.54, 1.807) is 0 Å². The Morgan fingerprint density at radius 2 is 1.00 bits per heavy atom. The molecule has 7 nitrogen and oxygen atoms in total. The summed E-state index contributed by atoms with van der Waals surface area (Å²) in [7, 11) is 0. The van der Waals surface area contributed by atoms with Crippen molar-refractivity contribution in [3.8, 4) is 0 Å². The molecule has 0 aromatic carbocycles. The first-order valence-electron chi connectivity index (χ1n) is 5.73. The summed E-state index contributed by atoms with van der Waals surface area (Å²) in [6.07, 6.45) is 0. The Morgan fingerprint density at radius 1 is 0.588 bits per heavy atom. The van der Waals surface area contributed by atoms with Crippen molar-refractivity contribution >= 4 is 0 Å². The van der Waals surface area contributed by atoms with Crippen LogP contribution in [0.15, 0.2) is 0 Å². The molecule has 17 heavy (non-hydrogen) atoms. The maximum absolute atomic E-state index is 5.67. The quantitative estimate of drug-likeness (QED) is 0.513. The Hall–Kier alpha value is -0.280. The molecule has 7 heteroatoms. The van der Waals surface area contributed by atoms with Gasteiger partial charge in [-0.05, 0) is 0 Å². The average molecular weight is 250 g/mol. The van der Waals surface area contributed by atoms with Gasteiger partial charge in [-0.2, -0.15) is 0 Å². The normalized spacial score (nSPS) is 25.8. The smallest absolute Gasteiger partial charge is 0.193 e. The summed E-state index contributed by atoms with van der Waals surface area (Å²) in [4.78, 5) is 0. The maximum atomic E-state index is 5.67. The highest BCUT2D eigenvalue weighted by atomic mass is 16.6. The van der Waals surface area contributed by atoms with Crippen LogP contribution in [0.5, 0.6) is 0 Å². The largest absolute Gasteiger partial charge is 0.377 e. The van der Waals surface area contributed by atoms with Crippen molar-refractivity contribution in [2.45, 2.75) is 5.85 Å². The van der Waals surface area contributed by atoms with Crippen molar-refractivity contribution in [2.24, 2.45) is 11.5 Å². The number of ether oxygens (including phenoxy) is 5. The summed E-state index contributed by atoms with van der Waals surface area (Å²) < 4.78 is 26.3. The molecule has 0 amide bonds. The highest BCUT2D eigenvalue weighted by Gasteiger charge is 2.19.